The lowest BCUT2D eigenvalue weighted by Crippen LogP contribution is -2.09. The van der Waals surface area contributed by atoms with Crippen molar-refractivity contribution >= 4 is 45.4 Å². The molecule has 140 valence electrons. The zero-order chi connectivity index (χ0) is 19.1. The standard InChI is InChI=1S/C17H15FIN5O3/c1-8(25)2-3-24-13(21-14-15(20)22-17(18)23-16(14)24)5-9-4-11-12(6-10(9)19)27-7-26-11/h4,6H,2-3,5,7H2,1H3,(H2,20,22,23). The largest absolute Gasteiger partial charge is 0.454 e. The minimum atomic E-state index is -0.923. The van der Waals surface area contributed by atoms with Gasteiger partial charge in [-0.15, -0.1) is 0 Å². The van der Waals surface area contributed by atoms with Gasteiger partial charge in [-0.05, 0) is 47.2 Å². The molecule has 3 heterocycles. The van der Waals surface area contributed by atoms with E-state index in [1.165, 1.54) is 6.92 Å². The molecule has 0 saturated carbocycles. The van der Waals surface area contributed by atoms with E-state index in [0.717, 1.165) is 9.13 Å². The Balaban J connectivity index is 1.80. The van der Waals surface area contributed by atoms with Gasteiger partial charge >= 0.3 is 6.08 Å². The van der Waals surface area contributed by atoms with Gasteiger partial charge in [-0.3, -0.25) is 4.79 Å². The molecule has 0 atom stereocenters. The average molecular weight is 483 g/mol. The highest BCUT2D eigenvalue weighted by atomic mass is 127. The van der Waals surface area contributed by atoms with Gasteiger partial charge in [-0.1, -0.05) is 0 Å². The van der Waals surface area contributed by atoms with Crippen LogP contribution in [0, 0.1) is 9.65 Å². The summed E-state index contributed by atoms with van der Waals surface area (Å²) in [7, 11) is 0. The van der Waals surface area contributed by atoms with Crippen LogP contribution >= 0.6 is 22.6 Å². The number of aromatic nitrogens is 4. The van der Waals surface area contributed by atoms with E-state index < -0.39 is 6.08 Å². The fourth-order valence-electron chi connectivity index (χ4n) is 2.94. The second kappa shape index (κ2) is 6.91. The summed E-state index contributed by atoms with van der Waals surface area (Å²) in [6.07, 6.45) is -0.208. The number of ether oxygens (including phenoxy) is 2. The van der Waals surface area contributed by atoms with Crippen LogP contribution < -0.4 is 15.2 Å². The Kier molecular flexibility index (Phi) is 4.58. The van der Waals surface area contributed by atoms with Gasteiger partial charge in [0.25, 0.3) is 0 Å². The maximum atomic E-state index is 13.7. The Morgan fingerprint density at radius 2 is 2.04 bits per heavy atom. The lowest BCUT2D eigenvalue weighted by molar-refractivity contribution is -0.117. The van der Waals surface area contributed by atoms with Crippen molar-refractivity contribution in [3.8, 4) is 11.5 Å². The molecule has 27 heavy (non-hydrogen) atoms. The number of nitrogen functional groups attached to an aromatic ring is 1. The molecule has 3 aromatic rings. The minimum absolute atomic E-state index is 0.0166. The molecule has 1 aliphatic heterocycles. The highest BCUT2D eigenvalue weighted by Crippen LogP contribution is 2.36. The smallest absolute Gasteiger partial charge is 0.312 e. The number of carbonyl (C=O) groups excluding carboxylic acids is 1. The first kappa shape index (κ1) is 17.9. The van der Waals surface area contributed by atoms with Crippen molar-refractivity contribution in [2.75, 3.05) is 12.5 Å². The third-order valence-electron chi connectivity index (χ3n) is 4.25. The zero-order valence-electron chi connectivity index (χ0n) is 14.3. The van der Waals surface area contributed by atoms with Gasteiger partial charge in [-0.25, -0.2) is 4.98 Å². The Hall–Kier alpha value is -2.50. The molecule has 0 aliphatic carbocycles. The first-order chi connectivity index (χ1) is 12.9. The van der Waals surface area contributed by atoms with Crippen molar-refractivity contribution < 1.29 is 18.7 Å². The van der Waals surface area contributed by atoms with Crippen LogP contribution in [0.2, 0.25) is 0 Å². The average Bonchev–Trinajstić information content (AvgIpc) is 3.17. The molecule has 1 aromatic carbocycles. The van der Waals surface area contributed by atoms with Crippen molar-refractivity contribution in [3.63, 3.8) is 0 Å². The van der Waals surface area contributed by atoms with Crippen LogP contribution in [0.3, 0.4) is 0 Å². The molecule has 2 aromatic heterocycles. The van der Waals surface area contributed by atoms with E-state index in [1.807, 2.05) is 12.1 Å². The molecule has 2 N–H and O–H groups in total. The molecule has 0 unspecified atom stereocenters. The highest BCUT2D eigenvalue weighted by molar-refractivity contribution is 14.1. The molecule has 0 bridgehead atoms. The second-order valence-corrected chi connectivity index (χ2v) is 7.32. The Morgan fingerprint density at radius 1 is 1.30 bits per heavy atom. The van der Waals surface area contributed by atoms with Crippen LogP contribution in [0.15, 0.2) is 12.1 Å². The SMILES string of the molecule is CC(=O)CCn1c(Cc2cc3c(cc2I)OCO3)nc2c(N)nc(F)nc21. The number of Topliss-reactive ketones (excluding diaryl/α,β-unsaturated/α-hetero) is 1. The minimum Gasteiger partial charge on any atom is -0.454 e. The van der Waals surface area contributed by atoms with E-state index in [2.05, 4.69) is 37.5 Å². The second-order valence-electron chi connectivity index (χ2n) is 6.16. The van der Waals surface area contributed by atoms with E-state index >= 15 is 0 Å². The number of imidazole rings is 1. The van der Waals surface area contributed by atoms with E-state index in [9.17, 15) is 9.18 Å². The number of ketones is 1. The molecule has 1 aliphatic rings. The third-order valence-corrected chi connectivity index (χ3v) is 5.26. The number of benzene rings is 1. The van der Waals surface area contributed by atoms with Gasteiger partial charge in [0.15, 0.2) is 28.5 Å². The normalized spacial score (nSPS) is 12.7. The molecule has 0 amide bonds. The summed E-state index contributed by atoms with van der Waals surface area (Å²) < 4.78 is 27.2. The molecule has 4 rings (SSSR count). The van der Waals surface area contributed by atoms with Gasteiger partial charge in [-0.2, -0.15) is 14.4 Å². The topological polar surface area (TPSA) is 105 Å². The predicted molar refractivity (Wildman–Crippen MR) is 103 cm³/mol. The monoisotopic (exact) mass is 483 g/mol. The Labute approximate surface area is 167 Å². The molecular formula is C17H15FIN5O3. The van der Waals surface area contributed by atoms with Crippen molar-refractivity contribution in [3.05, 3.63) is 33.2 Å². The van der Waals surface area contributed by atoms with Gasteiger partial charge < -0.3 is 19.8 Å². The number of anilines is 1. The molecule has 8 nitrogen and oxygen atoms in total. The summed E-state index contributed by atoms with van der Waals surface area (Å²) in [6, 6.07) is 3.79. The van der Waals surface area contributed by atoms with Gasteiger partial charge in [0, 0.05) is 23.0 Å². The van der Waals surface area contributed by atoms with Gasteiger partial charge in [0.2, 0.25) is 6.79 Å². The number of nitrogens with zero attached hydrogens (tertiary/aromatic N) is 4. The summed E-state index contributed by atoms with van der Waals surface area (Å²) in [5, 5.41) is 0. The first-order valence-electron chi connectivity index (χ1n) is 8.18. The zero-order valence-corrected chi connectivity index (χ0v) is 16.5. The molecular weight excluding hydrogens is 468 g/mol. The number of carbonyl (C=O) groups is 1. The summed E-state index contributed by atoms with van der Waals surface area (Å²) >= 11 is 2.22. The van der Waals surface area contributed by atoms with Crippen molar-refractivity contribution in [1.29, 1.82) is 0 Å². The molecule has 0 fully saturated rings. The lowest BCUT2D eigenvalue weighted by atomic mass is 10.1. The van der Waals surface area contributed by atoms with Crippen molar-refractivity contribution in [2.24, 2.45) is 0 Å². The van der Waals surface area contributed by atoms with E-state index in [1.54, 1.807) is 4.57 Å². The summed E-state index contributed by atoms with van der Waals surface area (Å²) in [6.45, 7) is 2.03. The third kappa shape index (κ3) is 3.40. The summed E-state index contributed by atoms with van der Waals surface area (Å²) in [4.78, 5) is 23.4. The molecule has 10 heteroatoms. The number of hydrogen-bond acceptors (Lipinski definition) is 7. The van der Waals surface area contributed by atoms with Crippen LogP contribution in [-0.2, 0) is 17.8 Å². The summed E-state index contributed by atoms with van der Waals surface area (Å²) in [5.74, 6) is 1.98. The number of fused-ring (bicyclic) bond motifs is 2. The van der Waals surface area contributed by atoms with Crippen molar-refractivity contribution in [2.45, 2.75) is 26.3 Å². The van der Waals surface area contributed by atoms with Crippen molar-refractivity contribution in [1.82, 2.24) is 19.5 Å². The fourth-order valence-corrected chi connectivity index (χ4v) is 3.57. The lowest BCUT2D eigenvalue weighted by Gasteiger charge is -2.10. The fraction of sp³-hybridized carbons (Fsp3) is 0.294. The number of halogens is 2. The maximum absolute atomic E-state index is 13.7. The molecule has 0 radical (unpaired) electrons. The Morgan fingerprint density at radius 3 is 2.78 bits per heavy atom. The quantitative estimate of drug-likeness (QED) is 0.439. The van der Waals surface area contributed by atoms with Crippen LogP contribution in [0.25, 0.3) is 11.2 Å². The number of aryl methyl sites for hydroxylation is 1. The highest BCUT2D eigenvalue weighted by Gasteiger charge is 2.21. The van der Waals surface area contributed by atoms with E-state index in [0.29, 0.717) is 35.8 Å². The van der Waals surface area contributed by atoms with Gasteiger partial charge in [0.05, 0.1) is 0 Å². The maximum Gasteiger partial charge on any atom is 0.312 e. The molecule has 0 saturated heterocycles. The Bertz CT molecular complexity index is 1070. The van der Waals surface area contributed by atoms with E-state index in [-0.39, 0.29) is 30.5 Å². The number of nitrogens with two attached hydrogens (primary N) is 1. The van der Waals surface area contributed by atoms with Gasteiger partial charge in [0.1, 0.15) is 11.6 Å². The van der Waals surface area contributed by atoms with Crippen LogP contribution in [0.5, 0.6) is 11.5 Å². The number of hydrogen-bond donors (Lipinski definition) is 1. The van der Waals surface area contributed by atoms with Crippen LogP contribution in [0.1, 0.15) is 24.7 Å². The van der Waals surface area contributed by atoms with Crippen LogP contribution in [-0.4, -0.2) is 32.1 Å². The number of rotatable bonds is 5. The predicted octanol–water partition coefficient (Wildman–Crippen LogP) is 2.45. The first-order valence-corrected chi connectivity index (χ1v) is 9.26. The van der Waals surface area contributed by atoms with Crippen LogP contribution in [0.4, 0.5) is 10.2 Å². The van der Waals surface area contributed by atoms with E-state index in [4.69, 9.17) is 15.2 Å². The molecule has 0 spiro atoms. The summed E-state index contributed by atoms with van der Waals surface area (Å²) in [5.41, 5.74) is 7.39.